The zero-order valence-corrected chi connectivity index (χ0v) is 11.1. The first kappa shape index (κ1) is 13.4. The summed E-state index contributed by atoms with van der Waals surface area (Å²) in [6.07, 6.45) is 1.05. The number of hydrogen-bond donors (Lipinski definition) is 2. The van der Waals surface area contributed by atoms with E-state index in [1.54, 1.807) is 12.1 Å². The molecule has 1 aromatic carbocycles. The van der Waals surface area contributed by atoms with Crippen molar-refractivity contribution in [2.45, 2.75) is 6.42 Å². The molecule has 16 heavy (non-hydrogen) atoms. The number of halogens is 2. The monoisotopic (exact) mass is 261 g/mol. The number of rotatable bonds is 5. The van der Waals surface area contributed by atoms with Crippen molar-refractivity contribution in [1.29, 1.82) is 0 Å². The van der Waals surface area contributed by atoms with Crippen molar-refractivity contribution in [2.75, 3.05) is 38.2 Å². The Morgan fingerprint density at radius 2 is 1.88 bits per heavy atom. The van der Waals surface area contributed by atoms with Gasteiger partial charge < -0.3 is 16.0 Å². The quantitative estimate of drug-likeness (QED) is 0.633. The molecule has 0 bridgehead atoms. The molecule has 0 radical (unpaired) electrons. The third-order valence-corrected chi connectivity index (χ3v) is 2.91. The van der Waals surface area contributed by atoms with Crippen molar-refractivity contribution in [1.82, 2.24) is 4.90 Å². The van der Waals surface area contributed by atoms with Gasteiger partial charge >= 0.3 is 0 Å². The molecule has 0 amide bonds. The van der Waals surface area contributed by atoms with Crippen LogP contribution in [-0.2, 0) is 0 Å². The normalized spacial score (nSPS) is 10.8. The predicted molar refractivity (Wildman–Crippen MR) is 72.5 cm³/mol. The minimum Gasteiger partial charge on any atom is -0.397 e. The topological polar surface area (TPSA) is 41.3 Å². The first-order valence-corrected chi connectivity index (χ1v) is 5.89. The van der Waals surface area contributed by atoms with Gasteiger partial charge in [0.15, 0.2) is 0 Å². The van der Waals surface area contributed by atoms with Gasteiger partial charge in [0.25, 0.3) is 0 Å². The van der Waals surface area contributed by atoms with E-state index in [1.165, 1.54) is 0 Å². The van der Waals surface area contributed by atoms with Crippen molar-refractivity contribution in [3.05, 3.63) is 22.2 Å². The van der Waals surface area contributed by atoms with E-state index >= 15 is 0 Å². The Bertz CT molecular complexity index is 353. The summed E-state index contributed by atoms with van der Waals surface area (Å²) < 4.78 is 0. The lowest BCUT2D eigenvalue weighted by molar-refractivity contribution is 0.405. The molecule has 3 nitrogen and oxygen atoms in total. The van der Waals surface area contributed by atoms with Crippen LogP contribution in [0.2, 0.25) is 10.0 Å². The van der Waals surface area contributed by atoms with E-state index in [0.717, 1.165) is 25.2 Å². The molecule has 0 saturated carbocycles. The zero-order chi connectivity index (χ0) is 12.1. The molecular formula is C11H17Cl2N3. The van der Waals surface area contributed by atoms with Gasteiger partial charge in [-0.1, -0.05) is 23.2 Å². The molecule has 0 spiro atoms. The molecule has 1 aromatic rings. The summed E-state index contributed by atoms with van der Waals surface area (Å²) in [5.41, 5.74) is 7.28. The molecule has 0 fully saturated rings. The number of nitrogen functional groups attached to an aromatic ring is 1. The summed E-state index contributed by atoms with van der Waals surface area (Å²) in [5, 5.41) is 4.25. The molecule has 0 atom stereocenters. The summed E-state index contributed by atoms with van der Waals surface area (Å²) in [6, 6.07) is 3.42. The molecular weight excluding hydrogens is 245 g/mol. The van der Waals surface area contributed by atoms with Crippen molar-refractivity contribution in [3.8, 4) is 0 Å². The van der Waals surface area contributed by atoms with Crippen molar-refractivity contribution in [3.63, 3.8) is 0 Å². The number of nitrogens with one attached hydrogen (secondary N) is 1. The van der Waals surface area contributed by atoms with Gasteiger partial charge in [0.1, 0.15) is 0 Å². The second kappa shape index (κ2) is 6.18. The second-order valence-electron chi connectivity index (χ2n) is 3.94. The van der Waals surface area contributed by atoms with Crippen molar-refractivity contribution < 1.29 is 0 Å². The van der Waals surface area contributed by atoms with E-state index in [-0.39, 0.29) is 0 Å². The zero-order valence-electron chi connectivity index (χ0n) is 9.56. The fraction of sp³-hybridized carbons (Fsp3) is 0.455. The second-order valence-corrected chi connectivity index (χ2v) is 4.75. The van der Waals surface area contributed by atoms with E-state index in [1.807, 2.05) is 14.1 Å². The fourth-order valence-electron chi connectivity index (χ4n) is 1.33. The molecule has 0 aromatic heterocycles. The minimum atomic E-state index is 0.484. The van der Waals surface area contributed by atoms with Crippen LogP contribution < -0.4 is 11.1 Å². The Morgan fingerprint density at radius 3 is 2.50 bits per heavy atom. The van der Waals surface area contributed by atoms with Gasteiger partial charge in [-0.15, -0.1) is 0 Å². The Morgan fingerprint density at radius 1 is 1.25 bits per heavy atom. The average molecular weight is 262 g/mol. The third-order valence-electron chi connectivity index (χ3n) is 2.19. The van der Waals surface area contributed by atoms with E-state index in [0.29, 0.717) is 15.7 Å². The SMILES string of the molecule is CN(C)CCCNc1cc(Cl)c(Cl)cc1N. The highest BCUT2D eigenvalue weighted by Crippen LogP contribution is 2.30. The summed E-state index contributed by atoms with van der Waals surface area (Å²) in [7, 11) is 4.10. The van der Waals surface area contributed by atoms with Crippen molar-refractivity contribution in [2.24, 2.45) is 0 Å². The highest BCUT2D eigenvalue weighted by Gasteiger charge is 2.04. The number of benzene rings is 1. The first-order valence-electron chi connectivity index (χ1n) is 5.14. The lowest BCUT2D eigenvalue weighted by Gasteiger charge is -2.12. The molecule has 5 heteroatoms. The van der Waals surface area contributed by atoms with Crippen LogP contribution in [0.1, 0.15) is 6.42 Å². The molecule has 0 aliphatic carbocycles. The Kier molecular flexibility index (Phi) is 5.19. The number of nitrogens with two attached hydrogens (primary N) is 1. The van der Waals surface area contributed by atoms with Crippen LogP contribution in [0.4, 0.5) is 11.4 Å². The van der Waals surface area contributed by atoms with Gasteiger partial charge in [-0.05, 0) is 39.2 Å². The Hall–Kier alpha value is -0.640. The lowest BCUT2D eigenvalue weighted by Crippen LogP contribution is -2.16. The fourth-order valence-corrected chi connectivity index (χ4v) is 1.67. The summed E-state index contributed by atoms with van der Waals surface area (Å²) in [5.74, 6) is 0. The van der Waals surface area contributed by atoms with Gasteiger partial charge in [0.2, 0.25) is 0 Å². The van der Waals surface area contributed by atoms with E-state index in [4.69, 9.17) is 28.9 Å². The molecule has 0 saturated heterocycles. The highest BCUT2D eigenvalue weighted by atomic mass is 35.5. The maximum Gasteiger partial charge on any atom is 0.0614 e. The van der Waals surface area contributed by atoms with Crippen LogP contribution >= 0.6 is 23.2 Å². The van der Waals surface area contributed by atoms with Gasteiger partial charge in [-0.2, -0.15) is 0 Å². The van der Waals surface area contributed by atoms with Gasteiger partial charge in [-0.3, -0.25) is 0 Å². The van der Waals surface area contributed by atoms with Crippen LogP contribution in [0.15, 0.2) is 12.1 Å². The van der Waals surface area contributed by atoms with Crippen LogP contribution in [0.5, 0.6) is 0 Å². The molecule has 3 N–H and O–H groups in total. The predicted octanol–water partition coefficient (Wildman–Crippen LogP) is 2.94. The van der Waals surface area contributed by atoms with Crippen molar-refractivity contribution >= 4 is 34.6 Å². The number of nitrogens with zero attached hydrogens (tertiary/aromatic N) is 1. The average Bonchev–Trinajstić information content (AvgIpc) is 2.19. The number of anilines is 2. The largest absolute Gasteiger partial charge is 0.397 e. The molecule has 90 valence electrons. The smallest absolute Gasteiger partial charge is 0.0614 e. The Balaban J connectivity index is 2.51. The summed E-state index contributed by atoms with van der Waals surface area (Å²) in [4.78, 5) is 2.14. The highest BCUT2D eigenvalue weighted by molar-refractivity contribution is 6.42. The van der Waals surface area contributed by atoms with Crippen LogP contribution in [0.3, 0.4) is 0 Å². The summed E-state index contributed by atoms with van der Waals surface area (Å²) in [6.45, 7) is 1.90. The maximum absolute atomic E-state index is 5.91. The number of hydrogen-bond acceptors (Lipinski definition) is 3. The maximum atomic E-state index is 5.91. The summed E-state index contributed by atoms with van der Waals surface area (Å²) >= 11 is 11.8. The third kappa shape index (κ3) is 4.08. The molecule has 0 aliphatic rings. The van der Waals surface area contributed by atoms with Crippen LogP contribution in [0, 0.1) is 0 Å². The standard InChI is InChI=1S/C11H17Cl2N3/c1-16(2)5-3-4-15-11-7-9(13)8(12)6-10(11)14/h6-7,15H,3-5,14H2,1-2H3. The van der Waals surface area contributed by atoms with E-state index < -0.39 is 0 Å². The van der Waals surface area contributed by atoms with Crippen LogP contribution in [-0.4, -0.2) is 32.1 Å². The molecule has 0 heterocycles. The first-order chi connectivity index (χ1) is 7.50. The molecule has 0 aliphatic heterocycles. The lowest BCUT2D eigenvalue weighted by atomic mass is 10.2. The Labute approximate surface area is 107 Å². The minimum absolute atomic E-state index is 0.484. The van der Waals surface area contributed by atoms with E-state index in [2.05, 4.69) is 10.2 Å². The van der Waals surface area contributed by atoms with Gasteiger partial charge in [0, 0.05) is 6.54 Å². The van der Waals surface area contributed by atoms with E-state index in [9.17, 15) is 0 Å². The van der Waals surface area contributed by atoms with Gasteiger partial charge in [0.05, 0.1) is 21.4 Å². The molecule has 1 rings (SSSR count). The molecule has 0 unspecified atom stereocenters. The van der Waals surface area contributed by atoms with Crippen LogP contribution in [0.25, 0.3) is 0 Å². The van der Waals surface area contributed by atoms with Gasteiger partial charge in [-0.25, -0.2) is 0 Å².